The molecule has 4 nitrogen and oxygen atoms in total. The number of H-pyrrole nitrogens is 1. The third-order valence-electron chi connectivity index (χ3n) is 1.66. The zero-order chi connectivity index (χ0) is 10.7. The molecule has 1 amide bonds. The number of nitrogens with two attached hydrogens (primary N) is 1. The van der Waals surface area contributed by atoms with Gasteiger partial charge in [-0.1, -0.05) is 0 Å². The Bertz CT molecular complexity index is 326. The van der Waals surface area contributed by atoms with Gasteiger partial charge in [0.05, 0.1) is 17.5 Å². The second-order valence-electron chi connectivity index (χ2n) is 2.68. The number of primary amides is 1. The normalized spacial score (nSPS) is 13.1. The van der Waals surface area contributed by atoms with E-state index in [0.29, 0.717) is 0 Å². The standard InChI is InChI=1S/C7H8F3N3O/c8-4(6(9)10)1-5-3(7(11)14)2-12-13-5/h2,4,6H,1H2,(H2,11,14)(H,12,13). The lowest BCUT2D eigenvalue weighted by molar-refractivity contribution is 0.0496. The Balaban J connectivity index is 2.76. The Morgan fingerprint density at radius 3 is 2.71 bits per heavy atom. The first-order valence-electron chi connectivity index (χ1n) is 3.76. The molecule has 0 bridgehead atoms. The topological polar surface area (TPSA) is 71.8 Å². The van der Waals surface area contributed by atoms with Crippen molar-refractivity contribution >= 4 is 5.91 Å². The minimum Gasteiger partial charge on any atom is -0.365 e. The first-order valence-corrected chi connectivity index (χ1v) is 3.76. The summed E-state index contributed by atoms with van der Waals surface area (Å²) in [4.78, 5) is 10.7. The van der Waals surface area contributed by atoms with Crippen LogP contribution in [0.15, 0.2) is 6.20 Å². The number of halogens is 3. The van der Waals surface area contributed by atoms with Crippen LogP contribution in [0.3, 0.4) is 0 Å². The fourth-order valence-electron chi connectivity index (χ4n) is 0.965. The molecule has 1 aromatic rings. The maximum absolute atomic E-state index is 12.6. The van der Waals surface area contributed by atoms with Crippen molar-refractivity contribution in [1.82, 2.24) is 10.2 Å². The van der Waals surface area contributed by atoms with Crippen LogP contribution in [0, 0.1) is 0 Å². The van der Waals surface area contributed by atoms with E-state index in [1.165, 1.54) is 0 Å². The highest BCUT2D eigenvalue weighted by atomic mass is 19.3. The Morgan fingerprint density at radius 2 is 2.21 bits per heavy atom. The molecular weight excluding hydrogens is 199 g/mol. The van der Waals surface area contributed by atoms with Gasteiger partial charge in [-0.2, -0.15) is 5.10 Å². The highest BCUT2D eigenvalue weighted by Gasteiger charge is 2.23. The van der Waals surface area contributed by atoms with Gasteiger partial charge in [0.15, 0.2) is 6.17 Å². The highest BCUT2D eigenvalue weighted by molar-refractivity contribution is 5.93. The molecule has 1 unspecified atom stereocenters. The molecule has 78 valence electrons. The number of nitrogens with zero attached hydrogens (tertiary/aromatic N) is 1. The zero-order valence-electron chi connectivity index (χ0n) is 7.01. The molecule has 7 heteroatoms. The van der Waals surface area contributed by atoms with Gasteiger partial charge in [0.1, 0.15) is 0 Å². The van der Waals surface area contributed by atoms with Crippen LogP contribution in [0.1, 0.15) is 16.1 Å². The van der Waals surface area contributed by atoms with Gasteiger partial charge < -0.3 is 5.73 Å². The van der Waals surface area contributed by atoms with Gasteiger partial charge in [-0.05, 0) is 0 Å². The van der Waals surface area contributed by atoms with Crippen molar-refractivity contribution in [3.05, 3.63) is 17.5 Å². The van der Waals surface area contributed by atoms with Gasteiger partial charge in [0, 0.05) is 6.42 Å². The number of rotatable bonds is 4. The van der Waals surface area contributed by atoms with E-state index in [2.05, 4.69) is 10.2 Å². The molecule has 0 aliphatic heterocycles. The summed E-state index contributed by atoms with van der Waals surface area (Å²) in [6, 6.07) is 0. The van der Waals surface area contributed by atoms with Crippen LogP contribution in [0.5, 0.6) is 0 Å². The molecule has 0 saturated carbocycles. The van der Waals surface area contributed by atoms with E-state index < -0.39 is 24.9 Å². The molecule has 3 N–H and O–H groups in total. The summed E-state index contributed by atoms with van der Waals surface area (Å²) < 4.78 is 36.2. The number of hydrogen-bond donors (Lipinski definition) is 2. The van der Waals surface area contributed by atoms with Gasteiger partial charge in [0.25, 0.3) is 12.3 Å². The molecule has 0 aliphatic carbocycles. The first-order chi connectivity index (χ1) is 6.52. The number of aromatic nitrogens is 2. The number of nitrogens with one attached hydrogen (secondary N) is 1. The molecule has 1 aromatic heterocycles. The number of alkyl halides is 3. The Kier molecular flexibility index (Phi) is 3.10. The second kappa shape index (κ2) is 4.12. The summed E-state index contributed by atoms with van der Waals surface area (Å²) in [6.07, 6.45) is -4.93. The third kappa shape index (κ3) is 2.24. The first kappa shape index (κ1) is 10.6. The largest absolute Gasteiger partial charge is 0.365 e. The van der Waals surface area contributed by atoms with Crippen molar-refractivity contribution in [2.45, 2.75) is 19.0 Å². The number of carbonyl (C=O) groups is 1. The van der Waals surface area contributed by atoms with E-state index in [-0.39, 0.29) is 11.3 Å². The predicted octanol–water partition coefficient (Wildman–Crippen LogP) is 0.654. The van der Waals surface area contributed by atoms with Crippen molar-refractivity contribution < 1.29 is 18.0 Å². The summed E-state index contributed by atoms with van der Waals surface area (Å²) in [7, 11) is 0. The van der Waals surface area contributed by atoms with Crippen LogP contribution in [-0.4, -0.2) is 28.7 Å². The van der Waals surface area contributed by atoms with Crippen LogP contribution >= 0.6 is 0 Å². The second-order valence-corrected chi connectivity index (χ2v) is 2.68. The van der Waals surface area contributed by atoms with Gasteiger partial charge in [-0.3, -0.25) is 9.89 Å². The van der Waals surface area contributed by atoms with Crippen molar-refractivity contribution in [2.24, 2.45) is 5.73 Å². The van der Waals surface area contributed by atoms with E-state index >= 15 is 0 Å². The van der Waals surface area contributed by atoms with Gasteiger partial charge in [-0.15, -0.1) is 0 Å². The molecule has 0 aliphatic rings. The highest BCUT2D eigenvalue weighted by Crippen LogP contribution is 2.13. The maximum atomic E-state index is 12.6. The molecule has 1 heterocycles. The number of hydrogen-bond acceptors (Lipinski definition) is 2. The van der Waals surface area contributed by atoms with E-state index in [1.54, 1.807) is 0 Å². The molecular formula is C7H8F3N3O. The summed E-state index contributed by atoms with van der Waals surface area (Å²) in [5.41, 5.74) is 4.83. The fourth-order valence-corrected chi connectivity index (χ4v) is 0.965. The molecule has 1 atom stereocenters. The number of amides is 1. The van der Waals surface area contributed by atoms with Crippen molar-refractivity contribution in [3.8, 4) is 0 Å². The van der Waals surface area contributed by atoms with Crippen LogP contribution < -0.4 is 5.73 Å². The van der Waals surface area contributed by atoms with E-state index in [1.807, 2.05) is 0 Å². The summed E-state index contributed by atoms with van der Waals surface area (Å²) >= 11 is 0. The lowest BCUT2D eigenvalue weighted by Crippen LogP contribution is -2.19. The third-order valence-corrected chi connectivity index (χ3v) is 1.66. The van der Waals surface area contributed by atoms with Crippen LogP contribution in [0.4, 0.5) is 13.2 Å². The molecule has 0 fully saturated rings. The molecule has 14 heavy (non-hydrogen) atoms. The quantitative estimate of drug-likeness (QED) is 0.761. The summed E-state index contributed by atoms with van der Waals surface area (Å²) in [5, 5.41) is 5.67. The van der Waals surface area contributed by atoms with E-state index in [0.717, 1.165) is 6.20 Å². The Morgan fingerprint density at radius 1 is 1.57 bits per heavy atom. The summed E-state index contributed by atoms with van der Waals surface area (Å²) in [6.45, 7) is 0. The SMILES string of the molecule is NC(=O)c1cn[nH]c1CC(F)C(F)F. The number of carbonyl (C=O) groups excluding carboxylic acids is 1. The minimum atomic E-state index is -3.08. The van der Waals surface area contributed by atoms with Crippen LogP contribution in [0.2, 0.25) is 0 Å². The molecule has 0 aromatic carbocycles. The Hall–Kier alpha value is -1.53. The van der Waals surface area contributed by atoms with Crippen molar-refractivity contribution in [3.63, 3.8) is 0 Å². The van der Waals surface area contributed by atoms with Gasteiger partial charge >= 0.3 is 0 Å². The average molecular weight is 207 g/mol. The lowest BCUT2D eigenvalue weighted by atomic mass is 10.1. The van der Waals surface area contributed by atoms with Gasteiger partial charge in [-0.25, -0.2) is 13.2 Å². The smallest absolute Gasteiger partial charge is 0.269 e. The van der Waals surface area contributed by atoms with Crippen molar-refractivity contribution in [2.75, 3.05) is 0 Å². The zero-order valence-corrected chi connectivity index (χ0v) is 7.01. The maximum Gasteiger partial charge on any atom is 0.269 e. The molecule has 0 radical (unpaired) electrons. The van der Waals surface area contributed by atoms with E-state index in [9.17, 15) is 18.0 Å². The predicted molar refractivity (Wildman–Crippen MR) is 41.7 cm³/mol. The number of aromatic amines is 1. The average Bonchev–Trinajstić information content (AvgIpc) is 2.52. The molecule has 0 spiro atoms. The summed E-state index contributed by atoms with van der Waals surface area (Å²) in [5.74, 6) is -0.824. The van der Waals surface area contributed by atoms with Crippen LogP contribution in [-0.2, 0) is 6.42 Å². The van der Waals surface area contributed by atoms with Gasteiger partial charge in [0.2, 0.25) is 0 Å². The minimum absolute atomic E-state index is 0.00898. The van der Waals surface area contributed by atoms with Crippen molar-refractivity contribution in [1.29, 1.82) is 0 Å². The molecule has 0 saturated heterocycles. The molecule has 1 rings (SSSR count). The Labute approximate surface area is 77.3 Å². The monoisotopic (exact) mass is 207 g/mol. The van der Waals surface area contributed by atoms with Crippen LogP contribution in [0.25, 0.3) is 0 Å². The fraction of sp³-hybridized carbons (Fsp3) is 0.429. The van der Waals surface area contributed by atoms with E-state index in [4.69, 9.17) is 5.73 Å². The lowest BCUT2D eigenvalue weighted by Gasteiger charge is -2.05.